The lowest BCUT2D eigenvalue weighted by atomic mass is 9.98. The van der Waals surface area contributed by atoms with Crippen LogP contribution >= 0.6 is 0 Å². The fourth-order valence-corrected chi connectivity index (χ4v) is 1.90. The number of aliphatic hydroxyl groups is 2. The van der Waals surface area contributed by atoms with Gasteiger partial charge in [0.05, 0.1) is 25.0 Å². The summed E-state index contributed by atoms with van der Waals surface area (Å²) >= 11 is 0. The van der Waals surface area contributed by atoms with Crippen molar-refractivity contribution in [1.29, 1.82) is 0 Å². The van der Waals surface area contributed by atoms with Gasteiger partial charge >= 0.3 is 12.1 Å². The molecule has 0 aliphatic carbocycles. The SMILES string of the molecule is O=C(O)[C@H]1OC[C@H](Nc2cnc(C(F)(F)F)cn2)[C@@H](O)[C@H]1O. The van der Waals surface area contributed by atoms with Gasteiger partial charge in [-0.05, 0) is 0 Å². The molecule has 1 aliphatic heterocycles. The summed E-state index contributed by atoms with van der Waals surface area (Å²) in [4.78, 5) is 17.4. The molecule has 1 aliphatic rings. The maximum absolute atomic E-state index is 12.3. The molecule has 0 unspecified atom stereocenters. The molecule has 2 rings (SSSR count). The molecule has 1 saturated heterocycles. The van der Waals surface area contributed by atoms with Crippen molar-refractivity contribution >= 4 is 11.8 Å². The van der Waals surface area contributed by atoms with E-state index in [0.29, 0.717) is 6.20 Å². The number of hydrogen-bond acceptors (Lipinski definition) is 7. The molecule has 0 radical (unpaired) electrons. The van der Waals surface area contributed by atoms with Gasteiger partial charge in [0, 0.05) is 0 Å². The minimum Gasteiger partial charge on any atom is -0.479 e. The number of carboxylic acids is 1. The predicted molar refractivity (Wildman–Crippen MR) is 63.8 cm³/mol. The van der Waals surface area contributed by atoms with Gasteiger partial charge in [-0.1, -0.05) is 0 Å². The zero-order chi connectivity index (χ0) is 16.5. The number of hydrogen-bond donors (Lipinski definition) is 4. The van der Waals surface area contributed by atoms with Crippen LogP contribution in [0, 0.1) is 0 Å². The molecule has 0 saturated carbocycles. The first-order valence-electron chi connectivity index (χ1n) is 6.06. The van der Waals surface area contributed by atoms with Crippen molar-refractivity contribution in [1.82, 2.24) is 9.97 Å². The number of nitrogens with one attached hydrogen (secondary N) is 1. The zero-order valence-electron chi connectivity index (χ0n) is 10.9. The molecule has 1 aromatic rings. The molecule has 0 bridgehead atoms. The van der Waals surface area contributed by atoms with E-state index < -0.39 is 42.2 Å². The van der Waals surface area contributed by atoms with Crippen LogP contribution in [0.2, 0.25) is 0 Å². The van der Waals surface area contributed by atoms with Crippen molar-refractivity contribution in [3.05, 3.63) is 18.1 Å². The molecule has 8 nitrogen and oxygen atoms in total. The Balaban J connectivity index is 2.04. The Morgan fingerprint density at radius 3 is 2.45 bits per heavy atom. The summed E-state index contributed by atoms with van der Waals surface area (Å²) in [5.74, 6) is -1.51. The molecule has 0 aromatic carbocycles. The average molecular weight is 323 g/mol. The number of nitrogens with zero attached hydrogens (tertiary/aromatic N) is 2. The van der Waals surface area contributed by atoms with Crippen LogP contribution in [0.3, 0.4) is 0 Å². The van der Waals surface area contributed by atoms with E-state index in [-0.39, 0.29) is 12.4 Å². The smallest absolute Gasteiger partial charge is 0.434 e. The molecule has 122 valence electrons. The first-order valence-corrected chi connectivity index (χ1v) is 6.06. The highest BCUT2D eigenvalue weighted by Gasteiger charge is 2.42. The molecule has 11 heteroatoms. The fraction of sp³-hybridized carbons (Fsp3) is 0.545. The van der Waals surface area contributed by atoms with E-state index in [4.69, 9.17) is 9.84 Å². The lowest BCUT2D eigenvalue weighted by Gasteiger charge is -2.36. The number of anilines is 1. The lowest BCUT2D eigenvalue weighted by Crippen LogP contribution is -2.58. The third-order valence-corrected chi connectivity index (χ3v) is 3.05. The van der Waals surface area contributed by atoms with E-state index in [2.05, 4.69) is 15.3 Å². The third kappa shape index (κ3) is 3.43. The van der Waals surface area contributed by atoms with E-state index >= 15 is 0 Å². The average Bonchev–Trinajstić information content (AvgIpc) is 2.43. The summed E-state index contributed by atoms with van der Waals surface area (Å²) in [5.41, 5.74) is -1.18. The number of rotatable bonds is 3. The summed E-state index contributed by atoms with van der Waals surface area (Å²) in [6.07, 6.45) is -8.07. The van der Waals surface area contributed by atoms with Crippen LogP contribution < -0.4 is 5.32 Å². The highest BCUT2D eigenvalue weighted by atomic mass is 19.4. The number of carbonyl (C=O) groups is 1. The maximum Gasteiger partial charge on any atom is 0.434 e. The number of halogens is 3. The van der Waals surface area contributed by atoms with E-state index in [9.17, 15) is 28.2 Å². The number of aliphatic carboxylic acids is 1. The minimum absolute atomic E-state index is 0.0818. The van der Waals surface area contributed by atoms with Crippen LogP contribution in [0.15, 0.2) is 12.4 Å². The highest BCUT2D eigenvalue weighted by Crippen LogP contribution is 2.27. The predicted octanol–water partition coefficient (Wildman–Crippen LogP) is -0.519. The Bertz CT molecular complexity index is 539. The van der Waals surface area contributed by atoms with Crippen molar-refractivity contribution in [3.63, 3.8) is 0 Å². The second-order valence-corrected chi connectivity index (χ2v) is 4.61. The van der Waals surface area contributed by atoms with Crippen LogP contribution in [0.5, 0.6) is 0 Å². The van der Waals surface area contributed by atoms with Crippen molar-refractivity contribution in [3.8, 4) is 0 Å². The Labute approximate surface area is 121 Å². The van der Waals surface area contributed by atoms with E-state index in [1.54, 1.807) is 0 Å². The maximum atomic E-state index is 12.3. The largest absolute Gasteiger partial charge is 0.479 e. The zero-order valence-corrected chi connectivity index (χ0v) is 10.9. The summed E-state index contributed by atoms with van der Waals surface area (Å²) in [6, 6.07) is -0.948. The van der Waals surface area contributed by atoms with Crippen LogP contribution in [-0.2, 0) is 15.7 Å². The van der Waals surface area contributed by atoms with Crippen LogP contribution in [0.1, 0.15) is 5.69 Å². The van der Waals surface area contributed by atoms with Gasteiger partial charge in [0.25, 0.3) is 0 Å². The number of carboxylic acid groups (broad SMARTS) is 1. The first-order chi connectivity index (χ1) is 10.2. The fourth-order valence-electron chi connectivity index (χ4n) is 1.90. The van der Waals surface area contributed by atoms with Crippen LogP contribution in [0.4, 0.5) is 19.0 Å². The van der Waals surface area contributed by atoms with Gasteiger partial charge < -0.3 is 25.4 Å². The van der Waals surface area contributed by atoms with Gasteiger partial charge in [-0.25, -0.2) is 14.8 Å². The van der Waals surface area contributed by atoms with Gasteiger partial charge in [-0.3, -0.25) is 0 Å². The third-order valence-electron chi connectivity index (χ3n) is 3.05. The Morgan fingerprint density at radius 2 is 1.95 bits per heavy atom. The Morgan fingerprint density at radius 1 is 1.27 bits per heavy atom. The van der Waals surface area contributed by atoms with E-state index in [0.717, 1.165) is 6.20 Å². The molecule has 1 fully saturated rings. The molecular formula is C11H12F3N3O5. The van der Waals surface area contributed by atoms with E-state index in [1.807, 2.05) is 0 Å². The number of alkyl halides is 3. The number of aromatic nitrogens is 2. The molecule has 0 amide bonds. The lowest BCUT2D eigenvalue weighted by molar-refractivity contribution is -0.179. The van der Waals surface area contributed by atoms with Gasteiger partial charge in [-0.15, -0.1) is 0 Å². The Kier molecular flexibility index (Phi) is 4.49. The minimum atomic E-state index is -4.62. The molecule has 2 heterocycles. The topological polar surface area (TPSA) is 125 Å². The molecule has 4 N–H and O–H groups in total. The molecule has 1 aromatic heterocycles. The summed E-state index contributed by atoms with van der Waals surface area (Å²) < 4.78 is 41.9. The second-order valence-electron chi connectivity index (χ2n) is 4.61. The molecule has 0 spiro atoms. The van der Waals surface area contributed by atoms with Gasteiger partial charge in [-0.2, -0.15) is 13.2 Å². The molecule has 22 heavy (non-hydrogen) atoms. The number of aliphatic hydroxyl groups excluding tert-OH is 2. The van der Waals surface area contributed by atoms with Crippen LogP contribution in [-0.4, -0.2) is 62.2 Å². The van der Waals surface area contributed by atoms with Gasteiger partial charge in [0.15, 0.2) is 11.8 Å². The normalized spacial score (nSPS) is 29.1. The second kappa shape index (κ2) is 6.02. The standard InChI is InChI=1S/C11H12F3N3O5/c12-11(13,14)5-1-16-6(2-15-5)17-4-3-22-9(10(20)21)8(19)7(4)18/h1-2,4,7-9,18-19H,3H2,(H,16,17)(H,20,21)/t4-,7+,8+,9-/m0/s1. The van der Waals surface area contributed by atoms with Crippen molar-refractivity contribution in [2.45, 2.75) is 30.5 Å². The van der Waals surface area contributed by atoms with E-state index in [1.165, 1.54) is 0 Å². The highest BCUT2D eigenvalue weighted by molar-refractivity contribution is 5.73. The summed E-state index contributed by atoms with van der Waals surface area (Å²) in [7, 11) is 0. The van der Waals surface area contributed by atoms with Gasteiger partial charge in [0.1, 0.15) is 18.0 Å². The van der Waals surface area contributed by atoms with Crippen LogP contribution in [0.25, 0.3) is 0 Å². The first kappa shape index (κ1) is 16.4. The van der Waals surface area contributed by atoms with Crippen molar-refractivity contribution in [2.24, 2.45) is 0 Å². The quantitative estimate of drug-likeness (QED) is 0.586. The molecule has 4 atom stereocenters. The van der Waals surface area contributed by atoms with Gasteiger partial charge in [0.2, 0.25) is 0 Å². The number of ether oxygens (including phenoxy) is 1. The van der Waals surface area contributed by atoms with Crippen molar-refractivity contribution < 1.29 is 38.0 Å². The monoisotopic (exact) mass is 323 g/mol. The summed E-state index contributed by atoms with van der Waals surface area (Å²) in [6.45, 7) is -0.280. The summed E-state index contributed by atoms with van der Waals surface area (Å²) in [5, 5.41) is 30.7. The Hall–Kier alpha value is -1.98. The molecular weight excluding hydrogens is 311 g/mol. The van der Waals surface area contributed by atoms with Crippen molar-refractivity contribution in [2.75, 3.05) is 11.9 Å².